The molecule has 0 aromatic carbocycles. The molecule has 2 aromatic heterocycles. The molecule has 2 amide bonds. The van der Waals surface area contributed by atoms with E-state index in [4.69, 9.17) is 0 Å². The van der Waals surface area contributed by atoms with Crippen LogP contribution in [0.1, 0.15) is 11.1 Å². The molecule has 0 unspecified atom stereocenters. The average molecular weight is 317 g/mol. The van der Waals surface area contributed by atoms with E-state index in [9.17, 15) is 22.8 Å². The van der Waals surface area contributed by atoms with Gasteiger partial charge in [-0.1, -0.05) is 0 Å². The van der Waals surface area contributed by atoms with Gasteiger partial charge < -0.3 is 15.6 Å². The first-order valence-electron chi connectivity index (χ1n) is 5.72. The van der Waals surface area contributed by atoms with Gasteiger partial charge in [0.1, 0.15) is 5.69 Å². The largest absolute Gasteiger partial charge is 0.417 e. The summed E-state index contributed by atoms with van der Waals surface area (Å²) in [6.45, 7) is 0.214. The van der Waals surface area contributed by atoms with Gasteiger partial charge in [-0.05, 0) is 28.5 Å². The van der Waals surface area contributed by atoms with Crippen molar-refractivity contribution in [1.82, 2.24) is 10.3 Å². The van der Waals surface area contributed by atoms with E-state index in [1.807, 2.05) is 15.7 Å². The molecule has 0 radical (unpaired) electrons. The minimum absolute atomic E-state index is 0.214. The van der Waals surface area contributed by atoms with E-state index in [0.717, 1.165) is 5.56 Å². The van der Waals surface area contributed by atoms with Crippen molar-refractivity contribution in [3.05, 3.63) is 50.6 Å². The molecular formula is C12H10F3N3O2S. The van der Waals surface area contributed by atoms with Gasteiger partial charge in [-0.25, -0.2) is 4.79 Å². The van der Waals surface area contributed by atoms with Crippen LogP contribution in [0.15, 0.2) is 33.9 Å². The summed E-state index contributed by atoms with van der Waals surface area (Å²) in [6.07, 6.45) is -4.05. The maximum absolute atomic E-state index is 12.5. The number of carbonyl (C=O) groups is 1. The van der Waals surface area contributed by atoms with Crippen LogP contribution >= 0.6 is 11.3 Å². The molecule has 2 rings (SSSR count). The van der Waals surface area contributed by atoms with Gasteiger partial charge in [0.15, 0.2) is 0 Å². The third kappa shape index (κ3) is 4.09. The molecule has 0 fully saturated rings. The summed E-state index contributed by atoms with van der Waals surface area (Å²) < 4.78 is 37.6. The van der Waals surface area contributed by atoms with Crippen LogP contribution in [0.4, 0.5) is 23.7 Å². The van der Waals surface area contributed by atoms with Crippen molar-refractivity contribution < 1.29 is 18.0 Å². The molecule has 112 valence electrons. The van der Waals surface area contributed by atoms with E-state index >= 15 is 0 Å². The van der Waals surface area contributed by atoms with Gasteiger partial charge in [0, 0.05) is 12.7 Å². The van der Waals surface area contributed by atoms with E-state index < -0.39 is 29.0 Å². The number of hydrogen-bond donors (Lipinski definition) is 3. The smallest absolute Gasteiger partial charge is 0.334 e. The molecule has 9 heteroatoms. The number of alkyl halides is 3. The highest BCUT2D eigenvalue weighted by molar-refractivity contribution is 7.07. The molecule has 5 nitrogen and oxygen atoms in total. The first-order chi connectivity index (χ1) is 9.86. The fourth-order valence-corrected chi connectivity index (χ4v) is 2.15. The molecular weight excluding hydrogens is 307 g/mol. The van der Waals surface area contributed by atoms with Crippen LogP contribution in [0.3, 0.4) is 0 Å². The van der Waals surface area contributed by atoms with Gasteiger partial charge in [-0.3, -0.25) is 4.79 Å². The number of anilines is 1. The van der Waals surface area contributed by atoms with E-state index in [0.29, 0.717) is 12.3 Å². The standard InChI is InChI=1S/C12H10F3N3O2S/c13-12(14,15)8-3-9(10(19)16-5-8)18-11(20)17-4-7-1-2-21-6-7/h1-3,5-6H,4H2,(H,16,19)(H2,17,18,20). The summed E-state index contributed by atoms with van der Waals surface area (Å²) in [5.74, 6) is 0. The Balaban J connectivity index is 2.04. The molecule has 0 atom stereocenters. The molecule has 0 aliphatic carbocycles. The highest BCUT2D eigenvalue weighted by Crippen LogP contribution is 2.29. The number of carbonyl (C=O) groups excluding carboxylic acids is 1. The second kappa shape index (κ2) is 6.00. The van der Waals surface area contributed by atoms with Gasteiger partial charge in [0.05, 0.1) is 5.56 Å². The van der Waals surface area contributed by atoms with E-state index in [-0.39, 0.29) is 6.54 Å². The minimum Gasteiger partial charge on any atom is -0.334 e. The highest BCUT2D eigenvalue weighted by atomic mass is 32.1. The summed E-state index contributed by atoms with van der Waals surface area (Å²) in [4.78, 5) is 24.9. The monoisotopic (exact) mass is 317 g/mol. The van der Waals surface area contributed by atoms with E-state index in [2.05, 4.69) is 10.6 Å². The molecule has 0 saturated heterocycles. The Morgan fingerprint density at radius 1 is 1.38 bits per heavy atom. The zero-order chi connectivity index (χ0) is 15.5. The lowest BCUT2D eigenvalue weighted by Crippen LogP contribution is -2.31. The Morgan fingerprint density at radius 2 is 2.14 bits per heavy atom. The van der Waals surface area contributed by atoms with Gasteiger partial charge >= 0.3 is 12.2 Å². The highest BCUT2D eigenvalue weighted by Gasteiger charge is 2.31. The van der Waals surface area contributed by atoms with E-state index in [1.54, 1.807) is 6.07 Å². The number of hydrogen-bond acceptors (Lipinski definition) is 3. The van der Waals surface area contributed by atoms with Crippen LogP contribution < -0.4 is 16.2 Å². The van der Waals surface area contributed by atoms with Gasteiger partial charge in [0.2, 0.25) is 0 Å². The first-order valence-corrected chi connectivity index (χ1v) is 6.66. The number of urea groups is 1. The van der Waals surface area contributed by atoms with E-state index in [1.165, 1.54) is 11.3 Å². The first kappa shape index (κ1) is 15.1. The van der Waals surface area contributed by atoms with Gasteiger partial charge in [-0.15, -0.1) is 0 Å². The lowest BCUT2D eigenvalue weighted by Gasteiger charge is -2.09. The van der Waals surface area contributed by atoms with Crippen molar-refractivity contribution in [1.29, 1.82) is 0 Å². The molecule has 3 N–H and O–H groups in total. The third-order valence-corrected chi connectivity index (χ3v) is 3.24. The van der Waals surface area contributed by atoms with Crippen LogP contribution in [-0.2, 0) is 12.7 Å². The molecule has 21 heavy (non-hydrogen) atoms. The fraction of sp³-hybridized carbons (Fsp3) is 0.167. The van der Waals surface area contributed by atoms with Crippen LogP contribution in [0.25, 0.3) is 0 Å². The number of H-pyrrole nitrogens is 1. The molecule has 0 aliphatic heterocycles. The van der Waals surface area contributed by atoms with Crippen molar-refractivity contribution in [2.24, 2.45) is 0 Å². The topological polar surface area (TPSA) is 74.0 Å². The number of aromatic nitrogens is 1. The summed E-state index contributed by atoms with van der Waals surface area (Å²) >= 11 is 1.45. The molecule has 2 heterocycles. The number of rotatable bonds is 3. The number of nitrogens with one attached hydrogen (secondary N) is 3. The number of pyridine rings is 1. The normalized spacial score (nSPS) is 11.2. The molecule has 0 saturated carbocycles. The third-order valence-electron chi connectivity index (χ3n) is 2.51. The van der Waals surface area contributed by atoms with Crippen molar-refractivity contribution in [3.63, 3.8) is 0 Å². The predicted molar refractivity (Wildman–Crippen MR) is 72.2 cm³/mol. The lowest BCUT2D eigenvalue weighted by molar-refractivity contribution is -0.137. The van der Waals surface area contributed by atoms with Crippen LogP contribution in [0.2, 0.25) is 0 Å². The molecule has 0 spiro atoms. The summed E-state index contributed by atoms with van der Waals surface area (Å²) in [7, 11) is 0. The Bertz CT molecular complexity index is 680. The predicted octanol–water partition coefficient (Wildman–Crippen LogP) is 2.78. The number of halogens is 3. The quantitative estimate of drug-likeness (QED) is 0.814. The zero-order valence-corrected chi connectivity index (χ0v) is 11.3. The number of aromatic amines is 1. The number of amides is 2. The van der Waals surface area contributed by atoms with Crippen LogP contribution in [0.5, 0.6) is 0 Å². The van der Waals surface area contributed by atoms with Crippen molar-refractivity contribution in [2.75, 3.05) is 5.32 Å². The van der Waals surface area contributed by atoms with Gasteiger partial charge in [-0.2, -0.15) is 24.5 Å². The van der Waals surface area contributed by atoms with Crippen LogP contribution in [0, 0.1) is 0 Å². The minimum atomic E-state index is -4.60. The molecule has 0 aliphatic rings. The van der Waals surface area contributed by atoms with Crippen molar-refractivity contribution in [2.45, 2.75) is 12.7 Å². The second-order valence-corrected chi connectivity index (χ2v) is 4.85. The summed E-state index contributed by atoms with van der Waals surface area (Å²) in [6, 6.07) is 1.62. The van der Waals surface area contributed by atoms with Crippen LogP contribution in [-0.4, -0.2) is 11.0 Å². The Hall–Kier alpha value is -2.29. The fourth-order valence-electron chi connectivity index (χ4n) is 1.48. The average Bonchev–Trinajstić information content (AvgIpc) is 2.91. The number of thiophene rings is 1. The summed E-state index contributed by atoms with van der Waals surface area (Å²) in [5, 5.41) is 8.18. The lowest BCUT2D eigenvalue weighted by atomic mass is 10.2. The molecule has 2 aromatic rings. The Morgan fingerprint density at radius 3 is 2.76 bits per heavy atom. The summed E-state index contributed by atoms with van der Waals surface area (Å²) in [5.41, 5.74) is -1.47. The maximum Gasteiger partial charge on any atom is 0.417 e. The SMILES string of the molecule is O=C(NCc1ccsc1)Nc1cc(C(F)(F)F)c[nH]c1=O. The van der Waals surface area contributed by atoms with Crippen molar-refractivity contribution >= 4 is 23.1 Å². The zero-order valence-electron chi connectivity index (χ0n) is 10.5. The van der Waals surface area contributed by atoms with Gasteiger partial charge in [0.25, 0.3) is 5.56 Å². The molecule has 0 bridgehead atoms. The maximum atomic E-state index is 12.5. The van der Waals surface area contributed by atoms with Crippen molar-refractivity contribution in [3.8, 4) is 0 Å². The second-order valence-electron chi connectivity index (χ2n) is 4.07. The Kier molecular flexibility index (Phi) is 4.32. The Labute approximate surface area is 120 Å².